The van der Waals surface area contributed by atoms with E-state index < -0.39 is 16.1 Å². The number of aliphatic hydroxyl groups is 1. The van der Waals surface area contributed by atoms with E-state index in [-0.39, 0.29) is 12.0 Å². The third-order valence-corrected chi connectivity index (χ3v) is 16.0. The summed E-state index contributed by atoms with van der Waals surface area (Å²) in [5, 5.41) is 9.85. The Balaban J connectivity index is 0.000000184. The van der Waals surface area contributed by atoms with E-state index in [0.29, 0.717) is 31.2 Å². The highest BCUT2D eigenvalue weighted by Gasteiger charge is 2.36. The van der Waals surface area contributed by atoms with Crippen molar-refractivity contribution < 1.29 is 28.8 Å². The highest BCUT2D eigenvalue weighted by Crippen LogP contribution is 2.44. The zero-order valence-corrected chi connectivity index (χ0v) is 41.7. The Labute approximate surface area is 379 Å². The minimum atomic E-state index is -1.14. The summed E-state index contributed by atoms with van der Waals surface area (Å²) in [5.74, 6) is 5.67. The summed E-state index contributed by atoms with van der Waals surface area (Å²) < 4.78 is 36.3. The van der Waals surface area contributed by atoms with Crippen LogP contribution in [0.3, 0.4) is 0 Å². The maximum Gasteiger partial charge on any atom is 0.169 e. The van der Waals surface area contributed by atoms with Crippen molar-refractivity contribution in [1.82, 2.24) is 19.1 Å². The lowest BCUT2D eigenvalue weighted by molar-refractivity contribution is 0.0196. The predicted octanol–water partition coefficient (Wildman–Crippen LogP) is 12.9. The van der Waals surface area contributed by atoms with Crippen LogP contribution < -0.4 is 9.47 Å². The van der Waals surface area contributed by atoms with Crippen molar-refractivity contribution >= 4 is 70.1 Å². The first kappa shape index (κ1) is 45.7. The zero-order valence-electron chi connectivity index (χ0n) is 36.5. The molecule has 0 atom stereocenters. The van der Waals surface area contributed by atoms with Crippen LogP contribution in [0.25, 0.3) is 22.1 Å². The molecular weight excluding hydrogens is 933 g/mol. The number of methoxy groups -OCH3 is 1. The van der Waals surface area contributed by atoms with E-state index in [4.69, 9.17) is 33.7 Å². The molecule has 0 amide bonds. The molecule has 1 N–H and O–H groups in total. The molecule has 6 aromatic rings. The van der Waals surface area contributed by atoms with Crippen LogP contribution in [0.15, 0.2) is 93.9 Å². The SMILES string of the molecule is COC1CC(c2nc3c(Oc4ccccc4)c(Br)ccc3n2COCC[Si](C)(C)C)C1.C[Si](C)(C)CCOCn1c(C2CC(O)C2)nc2c(Oc3ccccc3)c(Br)ccc21. The third kappa shape index (κ3) is 11.6. The second-order valence-electron chi connectivity index (χ2n) is 18.7. The molecule has 10 nitrogen and oxygen atoms in total. The quantitative estimate of drug-likeness (QED) is 0.0712. The largest absolute Gasteiger partial charge is 0.454 e. The lowest BCUT2D eigenvalue weighted by atomic mass is 9.81. The maximum atomic E-state index is 9.85. The maximum absolute atomic E-state index is 9.85. The molecule has 8 rings (SSSR count). The fourth-order valence-electron chi connectivity index (χ4n) is 7.46. The number of benzene rings is 4. The molecule has 2 heterocycles. The number of ether oxygens (including phenoxy) is 5. The summed E-state index contributed by atoms with van der Waals surface area (Å²) in [7, 11) is -0.488. The number of para-hydroxylation sites is 2. The number of aromatic nitrogens is 4. The number of fused-ring (bicyclic) bond motifs is 2. The fraction of sp³-hybridized carbons (Fsp3) is 0.447. The van der Waals surface area contributed by atoms with Crippen molar-refractivity contribution in [2.45, 2.75) is 115 Å². The van der Waals surface area contributed by atoms with Crippen LogP contribution in [-0.2, 0) is 27.7 Å². The molecule has 2 aliphatic rings. The standard InChI is InChI=1S/C24H31BrN2O3Si.C23H29BrN2O3Si/c1-28-19-14-17(15-19)24-26-22-21(27(24)16-29-12-13-31(2,3)4)11-10-20(25)23(22)30-18-8-6-5-7-9-18;1-30(2,3)12-11-28-15-26-20-10-9-19(24)22(29-18-7-5-4-6-8-18)21(20)25-23(26)16-13-17(27)14-16/h5-11,17,19H,12-16H2,1-4H3;4-10,16-17,27H,11-15H2,1-3H3. The first-order chi connectivity index (χ1) is 29.2. The lowest BCUT2D eigenvalue weighted by Crippen LogP contribution is -2.31. The van der Waals surface area contributed by atoms with Crippen LogP contribution in [0.1, 0.15) is 49.2 Å². The molecule has 0 aliphatic heterocycles. The van der Waals surface area contributed by atoms with Crippen molar-refractivity contribution in [3.63, 3.8) is 0 Å². The van der Waals surface area contributed by atoms with Gasteiger partial charge in [0.05, 0.1) is 32.2 Å². The van der Waals surface area contributed by atoms with Gasteiger partial charge in [0.15, 0.2) is 11.5 Å². The second-order valence-corrected chi connectivity index (χ2v) is 31.6. The molecule has 4 aromatic carbocycles. The minimum Gasteiger partial charge on any atom is -0.454 e. The minimum absolute atomic E-state index is 0.233. The van der Waals surface area contributed by atoms with Gasteiger partial charge >= 0.3 is 0 Å². The van der Waals surface area contributed by atoms with Crippen LogP contribution in [0, 0.1) is 0 Å². The first-order valence-corrected chi connectivity index (χ1v) is 30.4. The number of rotatable bonds is 17. The van der Waals surface area contributed by atoms with Gasteiger partial charge in [-0.3, -0.25) is 0 Å². The third-order valence-electron chi connectivity index (χ3n) is 11.3. The van der Waals surface area contributed by atoms with Gasteiger partial charge in [-0.05, 0) is 118 Å². The molecule has 61 heavy (non-hydrogen) atoms. The summed E-state index contributed by atoms with van der Waals surface area (Å²) >= 11 is 7.29. The van der Waals surface area contributed by atoms with Crippen LogP contribution in [0.2, 0.25) is 51.4 Å². The number of hydrogen-bond donors (Lipinski definition) is 1. The molecule has 2 aromatic heterocycles. The van der Waals surface area contributed by atoms with Crippen molar-refractivity contribution in [2.24, 2.45) is 0 Å². The number of imidazole rings is 2. The van der Waals surface area contributed by atoms with Crippen LogP contribution in [0.5, 0.6) is 23.0 Å². The number of aliphatic hydroxyl groups excluding tert-OH is 1. The van der Waals surface area contributed by atoms with Gasteiger partial charge in [0.1, 0.15) is 47.6 Å². The topological polar surface area (TPSA) is 102 Å². The number of halogens is 2. The number of nitrogens with zero attached hydrogens (tertiary/aromatic N) is 4. The highest BCUT2D eigenvalue weighted by atomic mass is 79.9. The fourth-order valence-corrected chi connectivity index (χ4v) is 9.77. The van der Waals surface area contributed by atoms with Gasteiger partial charge in [-0.2, -0.15) is 0 Å². The zero-order chi connectivity index (χ0) is 43.3. The summed E-state index contributed by atoms with van der Waals surface area (Å²) in [6, 6.07) is 30.1. The van der Waals surface area contributed by atoms with Crippen molar-refractivity contribution in [1.29, 1.82) is 0 Å². The number of hydrogen-bond acceptors (Lipinski definition) is 8. The Bertz CT molecular complexity index is 2370. The van der Waals surface area contributed by atoms with Gasteiger partial charge in [0.25, 0.3) is 0 Å². The average molecular weight is 993 g/mol. The molecule has 0 unspecified atom stereocenters. The molecule has 0 spiro atoms. The molecule has 2 aliphatic carbocycles. The Morgan fingerprint density at radius 1 is 0.607 bits per heavy atom. The van der Waals surface area contributed by atoms with E-state index in [1.165, 1.54) is 0 Å². The Morgan fingerprint density at radius 3 is 1.39 bits per heavy atom. The monoisotopic (exact) mass is 990 g/mol. The molecule has 0 radical (unpaired) electrons. The molecule has 326 valence electrons. The van der Waals surface area contributed by atoms with Gasteiger partial charge in [-0.1, -0.05) is 75.7 Å². The Morgan fingerprint density at radius 2 is 1.02 bits per heavy atom. The van der Waals surface area contributed by atoms with Gasteiger partial charge in [0, 0.05) is 48.3 Å². The van der Waals surface area contributed by atoms with Gasteiger partial charge in [0.2, 0.25) is 0 Å². The Kier molecular flexibility index (Phi) is 15.0. The van der Waals surface area contributed by atoms with Crippen LogP contribution in [0.4, 0.5) is 0 Å². The molecule has 0 bridgehead atoms. The smallest absolute Gasteiger partial charge is 0.169 e. The van der Waals surface area contributed by atoms with E-state index in [0.717, 1.165) is 111 Å². The van der Waals surface area contributed by atoms with Crippen LogP contribution >= 0.6 is 31.9 Å². The molecule has 0 saturated heterocycles. The van der Waals surface area contributed by atoms with E-state index in [1.54, 1.807) is 7.11 Å². The highest BCUT2D eigenvalue weighted by molar-refractivity contribution is 9.11. The van der Waals surface area contributed by atoms with Gasteiger partial charge in [-0.25, -0.2) is 9.97 Å². The molecule has 2 saturated carbocycles. The second kappa shape index (κ2) is 20.0. The van der Waals surface area contributed by atoms with Gasteiger partial charge in [-0.15, -0.1) is 0 Å². The summed E-state index contributed by atoms with van der Waals surface area (Å²) in [6.45, 7) is 16.7. The normalized spacial score (nSPS) is 19.0. The molecular formula is C47H60Br2N4O6Si2. The molecule has 14 heteroatoms. The van der Waals surface area contributed by atoms with Crippen molar-refractivity contribution in [3.05, 3.63) is 106 Å². The average Bonchev–Trinajstić information content (AvgIpc) is 3.74. The summed E-state index contributed by atoms with van der Waals surface area (Å²) in [5.41, 5.74) is 3.72. The first-order valence-electron chi connectivity index (χ1n) is 21.4. The van der Waals surface area contributed by atoms with E-state index >= 15 is 0 Å². The lowest BCUT2D eigenvalue weighted by Gasteiger charge is -2.33. The van der Waals surface area contributed by atoms with E-state index in [2.05, 4.69) is 92.4 Å². The molecule has 2 fully saturated rings. The van der Waals surface area contributed by atoms with Crippen LogP contribution in [-0.4, -0.2) is 72.9 Å². The summed E-state index contributed by atoms with van der Waals surface area (Å²) in [6.07, 6.45) is 3.55. The van der Waals surface area contributed by atoms with Crippen molar-refractivity contribution in [2.75, 3.05) is 20.3 Å². The predicted molar refractivity (Wildman–Crippen MR) is 257 cm³/mol. The Hall–Kier alpha value is -3.35. The van der Waals surface area contributed by atoms with E-state index in [9.17, 15) is 5.11 Å². The van der Waals surface area contributed by atoms with E-state index in [1.807, 2.05) is 72.8 Å². The van der Waals surface area contributed by atoms with Gasteiger partial charge < -0.3 is 37.9 Å². The van der Waals surface area contributed by atoms with Crippen molar-refractivity contribution in [3.8, 4) is 23.0 Å². The summed E-state index contributed by atoms with van der Waals surface area (Å²) in [4.78, 5) is 10.0.